The van der Waals surface area contributed by atoms with Gasteiger partial charge in [0.2, 0.25) is 0 Å². The summed E-state index contributed by atoms with van der Waals surface area (Å²) in [7, 11) is 0. The lowest BCUT2D eigenvalue weighted by atomic mass is 10.1. The third-order valence-corrected chi connectivity index (χ3v) is 5.25. The number of anilines is 1. The van der Waals surface area contributed by atoms with E-state index in [1.807, 2.05) is 45.9 Å². The summed E-state index contributed by atoms with van der Waals surface area (Å²) in [5.41, 5.74) is 1.61. The Morgan fingerprint density at radius 2 is 1.83 bits per heavy atom. The van der Waals surface area contributed by atoms with Crippen LogP contribution in [0.15, 0.2) is 49.2 Å². The van der Waals surface area contributed by atoms with E-state index in [-0.39, 0.29) is 11.6 Å². The van der Waals surface area contributed by atoms with E-state index >= 15 is 0 Å². The van der Waals surface area contributed by atoms with Crippen molar-refractivity contribution in [3.8, 4) is 5.69 Å². The summed E-state index contributed by atoms with van der Waals surface area (Å²) in [5.74, 6) is 1.65. The molecule has 0 radical (unpaired) electrons. The van der Waals surface area contributed by atoms with E-state index in [9.17, 15) is 0 Å². The highest BCUT2D eigenvalue weighted by molar-refractivity contribution is 5.87. The lowest BCUT2D eigenvalue weighted by Crippen LogP contribution is -2.41. The van der Waals surface area contributed by atoms with Gasteiger partial charge in [0.05, 0.1) is 36.0 Å². The molecule has 3 aromatic heterocycles. The van der Waals surface area contributed by atoms with Crippen LogP contribution >= 0.6 is 0 Å². The second-order valence-corrected chi connectivity index (χ2v) is 8.31. The first-order valence-corrected chi connectivity index (χ1v) is 10.0. The second-order valence-electron chi connectivity index (χ2n) is 8.31. The fourth-order valence-electron chi connectivity index (χ4n) is 3.87. The molecule has 0 unspecified atom stereocenters. The molecule has 0 amide bonds. The van der Waals surface area contributed by atoms with E-state index in [2.05, 4.69) is 50.8 Å². The average molecular weight is 404 g/mol. The van der Waals surface area contributed by atoms with Crippen LogP contribution in [0.5, 0.6) is 0 Å². The van der Waals surface area contributed by atoms with Gasteiger partial charge in [-0.3, -0.25) is 0 Å². The van der Waals surface area contributed by atoms with E-state index in [1.165, 1.54) is 0 Å². The zero-order chi connectivity index (χ0) is 20.7. The SMILES string of the molecule is CC(C)(C)n1ncc2c(N3CCOC[C@@H]3c3ncnn3-c3ccccc3)ncnc21. The van der Waals surface area contributed by atoms with E-state index in [0.717, 1.165) is 28.4 Å². The third-order valence-electron chi connectivity index (χ3n) is 5.25. The second kappa shape index (κ2) is 7.17. The van der Waals surface area contributed by atoms with Crippen LogP contribution in [0.1, 0.15) is 32.6 Å². The summed E-state index contributed by atoms with van der Waals surface area (Å²) in [6.07, 6.45) is 5.04. The van der Waals surface area contributed by atoms with E-state index in [1.54, 1.807) is 12.7 Å². The van der Waals surface area contributed by atoms with Crippen molar-refractivity contribution < 1.29 is 4.74 Å². The summed E-state index contributed by atoms with van der Waals surface area (Å²) < 4.78 is 9.64. The molecule has 1 aliphatic heterocycles. The fourth-order valence-corrected chi connectivity index (χ4v) is 3.87. The molecule has 5 rings (SSSR count). The molecule has 0 bridgehead atoms. The number of hydrogen-bond donors (Lipinski definition) is 0. The van der Waals surface area contributed by atoms with E-state index < -0.39 is 0 Å². The molecule has 9 heteroatoms. The number of rotatable bonds is 3. The monoisotopic (exact) mass is 404 g/mol. The lowest BCUT2D eigenvalue weighted by molar-refractivity contribution is 0.0908. The van der Waals surface area contributed by atoms with Crippen molar-refractivity contribution in [3.63, 3.8) is 0 Å². The largest absolute Gasteiger partial charge is 0.377 e. The van der Waals surface area contributed by atoms with E-state index in [4.69, 9.17) is 4.74 Å². The van der Waals surface area contributed by atoms with Crippen LogP contribution < -0.4 is 4.90 Å². The standard InChI is InChI=1S/C21H24N8O/c1-21(2,3)29-19-16(11-25-29)18(22-13-23-19)27-9-10-30-12-17(27)20-24-14-26-28(20)15-7-5-4-6-8-15/h4-8,11,13-14,17H,9-10,12H2,1-3H3/t17-/m1/s1. The topological polar surface area (TPSA) is 86.8 Å². The number of ether oxygens (including phenoxy) is 1. The number of benzene rings is 1. The molecule has 0 saturated carbocycles. The highest BCUT2D eigenvalue weighted by atomic mass is 16.5. The van der Waals surface area contributed by atoms with Crippen molar-refractivity contribution in [3.05, 3.63) is 55.0 Å². The van der Waals surface area contributed by atoms with Crippen LogP contribution in [0, 0.1) is 0 Å². The van der Waals surface area contributed by atoms with Crippen molar-refractivity contribution in [2.45, 2.75) is 32.4 Å². The van der Waals surface area contributed by atoms with Gasteiger partial charge in [0, 0.05) is 6.54 Å². The number of para-hydroxylation sites is 1. The molecule has 0 N–H and O–H groups in total. The van der Waals surface area contributed by atoms with Gasteiger partial charge < -0.3 is 9.64 Å². The maximum Gasteiger partial charge on any atom is 0.163 e. The predicted molar refractivity (Wildman–Crippen MR) is 113 cm³/mol. The van der Waals surface area contributed by atoms with Crippen molar-refractivity contribution in [1.29, 1.82) is 0 Å². The first-order valence-electron chi connectivity index (χ1n) is 10.0. The molecule has 4 heterocycles. The molecule has 1 atom stereocenters. The van der Waals surface area contributed by atoms with Gasteiger partial charge in [-0.2, -0.15) is 10.2 Å². The molecule has 1 fully saturated rings. The summed E-state index contributed by atoms with van der Waals surface area (Å²) in [5, 5.41) is 9.98. The van der Waals surface area contributed by atoms with E-state index in [0.29, 0.717) is 19.8 Å². The lowest BCUT2D eigenvalue weighted by Gasteiger charge is -2.36. The number of morpholine rings is 1. The molecule has 30 heavy (non-hydrogen) atoms. The molecule has 154 valence electrons. The van der Waals surface area contributed by atoms with Crippen LogP contribution in [0.2, 0.25) is 0 Å². The van der Waals surface area contributed by atoms with Gasteiger partial charge in [-0.1, -0.05) is 18.2 Å². The van der Waals surface area contributed by atoms with Crippen molar-refractivity contribution in [2.75, 3.05) is 24.7 Å². The Bertz CT molecular complexity index is 1160. The Hall–Kier alpha value is -3.33. The molecule has 0 aliphatic carbocycles. The van der Waals surface area contributed by atoms with Crippen LogP contribution in [0.3, 0.4) is 0 Å². The molecular weight excluding hydrogens is 380 g/mol. The first kappa shape index (κ1) is 18.7. The number of aromatic nitrogens is 7. The summed E-state index contributed by atoms with van der Waals surface area (Å²) in [6, 6.07) is 9.87. The van der Waals surface area contributed by atoms with Crippen molar-refractivity contribution >= 4 is 16.9 Å². The van der Waals surface area contributed by atoms with Gasteiger partial charge in [0.15, 0.2) is 11.5 Å². The third kappa shape index (κ3) is 3.11. The minimum atomic E-state index is -0.175. The summed E-state index contributed by atoms with van der Waals surface area (Å²) >= 11 is 0. The number of hydrogen-bond acceptors (Lipinski definition) is 7. The molecule has 9 nitrogen and oxygen atoms in total. The van der Waals surface area contributed by atoms with Gasteiger partial charge in [0.1, 0.15) is 24.5 Å². The van der Waals surface area contributed by atoms with Gasteiger partial charge in [-0.25, -0.2) is 24.3 Å². The minimum Gasteiger partial charge on any atom is -0.377 e. The smallest absolute Gasteiger partial charge is 0.163 e. The molecule has 1 aromatic carbocycles. The quantitative estimate of drug-likeness (QED) is 0.519. The Morgan fingerprint density at radius 1 is 1.00 bits per heavy atom. The zero-order valence-corrected chi connectivity index (χ0v) is 17.3. The van der Waals surface area contributed by atoms with Crippen LogP contribution in [0.4, 0.5) is 5.82 Å². The average Bonchev–Trinajstić information content (AvgIpc) is 3.41. The highest BCUT2D eigenvalue weighted by Gasteiger charge is 2.32. The number of nitrogens with zero attached hydrogens (tertiary/aromatic N) is 8. The van der Waals surface area contributed by atoms with Crippen LogP contribution in [-0.4, -0.2) is 54.3 Å². The van der Waals surface area contributed by atoms with Crippen molar-refractivity contribution in [1.82, 2.24) is 34.5 Å². The minimum absolute atomic E-state index is 0.127. The fraction of sp³-hybridized carbons (Fsp3) is 0.381. The van der Waals surface area contributed by atoms with Gasteiger partial charge in [0.25, 0.3) is 0 Å². The Kier molecular flexibility index (Phi) is 4.47. The Balaban J connectivity index is 1.60. The van der Waals surface area contributed by atoms with Crippen molar-refractivity contribution in [2.24, 2.45) is 0 Å². The van der Waals surface area contributed by atoms with Crippen LogP contribution in [-0.2, 0) is 10.3 Å². The van der Waals surface area contributed by atoms with Gasteiger partial charge >= 0.3 is 0 Å². The molecule has 0 spiro atoms. The molecular formula is C21H24N8O. The van der Waals surface area contributed by atoms with Crippen LogP contribution in [0.25, 0.3) is 16.7 Å². The van der Waals surface area contributed by atoms with Gasteiger partial charge in [-0.15, -0.1) is 0 Å². The Morgan fingerprint density at radius 3 is 2.63 bits per heavy atom. The first-order chi connectivity index (χ1) is 14.5. The normalized spacial score (nSPS) is 17.6. The summed E-state index contributed by atoms with van der Waals surface area (Å²) in [6.45, 7) is 8.15. The molecule has 4 aromatic rings. The Labute approximate surface area is 174 Å². The molecule has 1 aliphatic rings. The molecule has 1 saturated heterocycles. The predicted octanol–water partition coefficient (Wildman–Crippen LogP) is 2.74. The highest BCUT2D eigenvalue weighted by Crippen LogP contribution is 2.33. The maximum atomic E-state index is 5.83. The number of fused-ring (bicyclic) bond motifs is 1. The summed E-state index contributed by atoms with van der Waals surface area (Å²) in [4.78, 5) is 16.0. The van der Waals surface area contributed by atoms with Gasteiger partial charge in [-0.05, 0) is 32.9 Å². The maximum absolute atomic E-state index is 5.83. The zero-order valence-electron chi connectivity index (χ0n) is 17.3.